The molecule has 200 valence electrons. The van der Waals surface area contributed by atoms with E-state index in [4.69, 9.17) is 4.74 Å². The summed E-state index contributed by atoms with van der Waals surface area (Å²) in [5, 5.41) is 12.5. The van der Waals surface area contributed by atoms with Crippen molar-refractivity contribution in [3.63, 3.8) is 0 Å². The summed E-state index contributed by atoms with van der Waals surface area (Å²) in [6.45, 7) is 7.86. The van der Waals surface area contributed by atoms with Crippen LogP contribution >= 0.6 is 11.3 Å². The van der Waals surface area contributed by atoms with Crippen molar-refractivity contribution in [3.05, 3.63) is 43.8 Å². The third-order valence-corrected chi connectivity index (χ3v) is 8.23. The molecule has 0 amide bonds. The fourth-order valence-electron chi connectivity index (χ4n) is 3.71. The summed E-state index contributed by atoms with van der Waals surface area (Å²) in [6.07, 6.45) is 1.50. The Labute approximate surface area is 220 Å². The van der Waals surface area contributed by atoms with E-state index in [2.05, 4.69) is 26.9 Å². The predicted molar refractivity (Wildman–Crippen MR) is 145 cm³/mol. The van der Waals surface area contributed by atoms with Crippen LogP contribution in [0.15, 0.2) is 29.1 Å². The molecule has 1 aromatic carbocycles. The summed E-state index contributed by atoms with van der Waals surface area (Å²) in [5.41, 5.74) is 0.525. The van der Waals surface area contributed by atoms with Crippen molar-refractivity contribution in [1.29, 1.82) is 5.26 Å². The molecule has 0 unspecified atom stereocenters. The van der Waals surface area contributed by atoms with Gasteiger partial charge >= 0.3 is 5.97 Å². The number of benzene rings is 1. The molecule has 0 spiro atoms. The number of hydrogen-bond donors (Lipinski definition) is 2. The quantitative estimate of drug-likeness (QED) is 0.393. The molecule has 0 atom stereocenters. The van der Waals surface area contributed by atoms with Gasteiger partial charge in [0, 0.05) is 56.8 Å². The van der Waals surface area contributed by atoms with Gasteiger partial charge in [0.25, 0.3) is 5.56 Å². The molecule has 0 bridgehead atoms. The second-order valence-electron chi connectivity index (χ2n) is 8.46. The van der Waals surface area contributed by atoms with Crippen LogP contribution in [0.5, 0.6) is 0 Å². The van der Waals surface area contributed by atoms with E-state index < -0.39 is 16.0 Å². The molecule has 2 N–H and O–H groups in total. The molecule has 37 heavy (non-hydrogen) atoms. The summed E-state index contributed by atoms with van der Waals surface area (Å²) in [7, 11) is -1.44. The van der Waals surface area contributed by atoms with Gasteiger partial charge in [0.1, 0.15) is 15.3 Å². The first kappa shape index (κ1) is 28.4. The number of piperazine rings is 1. The van der Waals surface area contributed by atoms with Gasteiger partial charge in [-0.05, 0) is 45.2 Å². The first-order chi connectivity index (χ1) is 17.7. The molecule has 1 saturated heterocycles. The van der Waals surface area contributed by atoms with Gasteiger partial charge < -0.3 is 15.0 Å². The molecular weight excluding hydrogens is 516 g/mol. The highest BCUT2D eigenvalue weighted by molar-refractivity contribution is 7.92. The molecule has 3 rings (SSSR count). The lowest BCUT2D eigenvalue weighted by Crippen LogP contribution is -2.46. The SMILES string of the molecule is CCOC(=O)/C(C#N)=c1\s/c(=C/Nc2ccc(NS(=O)(=O)CCN3CCN(C)CC3)cc2)c(=O)n1CC. The average Bonchev–Trinajstić information content (AvgIpc) is 3.18. The summed E-state index contributed by atoms with van der Waals surface area (Å²) in [5.74, 6) is -0.753. The van der Waals surface area contributed by atoms with Gasteiger partial charge in [-0.15, -0.1) is 11.3 Å². The van der Waals surface area contributed by atoms with E-state index in [9.17, 15) is 23.3 Å². The molecule has 1 aliphatic rings. The molecule has 0 radical (unpaired) electrons. The van der Waals surface area contributed by atoms with Crippen LogP contribution in [0.2, 0.25) is 0 Å². The number of carbonyl (C=O) groups is 1. The number of nitrogens with one attached hydrogen (secondary N) is 2. The van der Waals surface area contributed by atoms with E-state index in [1.165, 1.54) is 10.8 Å². The first-order valence-electron chi connectivity index (χ1n) is 12.0. The molecule has 11 nitrogen and oxygen atoms in total. The second kappa shape index (κ2) is 12.9. The van der Waals surface area contributed by atoms with Crippen LogP contribution in [0.3, 0.4) is 0 Å². The lowest BCUT2D eigenvalue weighted by atomic mass is 10.3. The average molecular weight is 549 g/mol. The molecule has 0 saturated carbocycles. The van der Waals surface area contributed by atoms with Crippen LogP contribution in [0, 0.1) is 11.3 Å². The lowest BCUT2D eigenvalue weighted by Gasteiger charge is -2.32. The Bertz CT molecular complexity index is 1420. The number of rotatable bonds is 10. The van der Waals surface area contributed by atoms with Crippen molar-refractivity contribution in [2.75, 3.05) is 62.2 Å². The predicted octanol–water partition coefficient (Wildman–Crippen LogP) is 0.00628. The Morgan fingerprint density at radius 2 is 1.81 bits per heavy atom. The van der Waals surface area contributed by atoms with Gasteiger partial charge in [-0.1, -0.05) is 0 Å². The number of carbonyl (C=O) groups excluding carboxylic acids is 1. The zero-order chi connectivity index (χ0) is 27.0. The summed E-state index contributed by atoms with van der Waals surface area (Å²) in [6, 6.07) is 8.49. The zero-order valence-corrected chi connectivity index (χ0v) is 22.8. The number of nitriles is 1. The van der Waals surface area contributed by atoms with Crippen LogP contribution in [0.25, 0.3) is 11.8 Å². The largest absolute Gasteiger partial charge is 0.462 e. The Morgan fingerprint density at radius 1 is 1.16 bits per heavy atom. The Kier molecular flexibility index (Phi) is 9.87. The van der Waals surface area contributed by atoms with Crippen LogP contribution in [-0.2, 0) is 26.1 Å². The fourth-order valence-corrected chi connectivity index (χ4v) is 5.88. The number of hydrogen-bond acceptors (Lipinski definition) is 10. The number of ether oxygens (including phenoxy) is 1. The normalized spacial score (nSPS) is 16.2. The third kappa shape index (κ3) is 7.65. The van der Waals surface area contributed by atoms with E-state index in [-0.39, 0.29) is 34.7 Å². The van der Waals surface area contributed by atoms with Crippen molar-refractivity contribution in [2.45, 2.75) is 20.4 Å². The number of nitrogens with zero attached hydrogens (tertiary/aromatic N) is 4. The van der Waals surface area contributed by atoms with Gasteiger partial charge in [-0.2, -0.15) is 5.26 Å². The Hall–Kier alpha value is -3.18. The third-order valence-electron chi connectivity index (χ3n) is 5.83. The van der Waals surface area contributed by atoms with E-state index in [1.807, 2.05) is 6.07 Å². The monoisotopic (exact) mass is 548 g/mol. The number of esters is 1. The molecule has 2 aromatic rings. The number of anilines is 2. The molecular formula is C24H32N6O5S2. The number of thiazole rings is 1. The Morgan fingerprint density at radius 3 is 2.41 bits per heavy atom. The summed E-state index contributed by atoms with van der Waals surface area (Å²) < 4.78 is 34.5. The maximum absolute atomic E-state index is 12.8. The first-order valence-corrected chi connectivity index (χ1v) is 14.4. The highest BCUT2D eigenvalue weighted by Gasteiger charge is 2.18. The minimum absolute atomic E-state index is 0.0163. The maximum atomic E-state index is 12.8. The fraction of sp³-hybridized carbons (Fsp3) is 0.458. The highest BCUT2D eigenvalue weighted by Crippen LogP contribution is 2.15. The lowest BCUT2D eigenvalue weighted by molar-refractivity contribution is -0.136. The van der Waals surface area contributed by atoms with E-state index in [0.717, 1.165) is 37.5 Å². The number of aromatic nitrogens is 1. The maximum Gasteiger partial charge on any atom is 0.351 e. The molecule has 1 fully saturated rings. The standard InChI is InChI=1S/C24H32N6O5S2/c1-4-30-22(31)21(36-23(30)20(16-25)24(32)35-5-2)17-26-18-6-8-19(9-7-18)27-37(33,34)15-14-29-12-10-28(3)11-13-29/h6-9,17,26-27H,4-5,10-15H2,1-3H3/b21-17+,23-20-. The smallest absolute Gasteiger partial charge is 0.351 e. The van der Waals surface area contributed by atoms with E-state index in [0.29, 0.717) is 22.5 Å². The number of likely N-dealkylation sites (N-methyl/N-ethyl adjacent to an activating group) is 1. The minimum Gasteiger partial charge on any atom is -0.462 e. The van der Waals surface area contributed by atoms with Gasteiger partial charge in [-0.3, -0.25) is 19.0 Å². The van der Waals surface area contributed by atoms with Crippen molar-refractivity contribution in [1.82, 2.24) is 14.4 Å². The summed E-state index contributed by atoms with van der Waals surface area (Å²) >= 11 is 1.02. The van der Waals surface area contributed by atoms with Crippen LogP contribution in [-0.4, -0.2) is 80.9 Å². The van der Waals surface area contributed by atoms with Crippen LogP contribution in [0.1, 0.15) is 13.8 Å². The van der Waals surface area contributed by atoms with Crippen molar-refractivity contribution < 1.29 is 17.9 Å². The number of sulfonamides is 1. The zero-order valence-electron chi connectivity index (χ0n) is 21.2. The molecule has 2 heterocycles. The molecule has 1 aromatic heterocycles. The minimum atomic E-state index is -3.49. The van der Waals surface area contributed by atoms with Gasteiger partial charge in [-0.25, -0.2) is 13.2 Å². The van der Waals surface area contributed by atoms with Crippen molar-refractivity contribution in [3.8, 4) is 6.07 Å². The van der Waals surface area contributed by atoms with Gasteiger partial charge in [0.05, 0.1) is 12.4 Å². The van der Waals surface area contributed by atoms with Crippen molar-refractivity contribution >= 4 is 50.5 Å². The van der Waals surface area contributed by atoms with Crippen LogP contribution in [0.4, 0.5) is 11.4 Å². The van der Waals surface area contributed by atoms with Gasteiger partial charge in [0.2, 0.25) is 10.0 Å². The Balaban J connectivity index is 1.70. The molecule has 13 heteroatoms. The molecule has 0 aliphatic carbocycles. The van der Waals surface area contributed by atoms with E-state index in [1.54, 1.807) is 38.1 Å². The van der Waals surface area contributed by atoms with Crippen molar-refractivity contribution in [2.24, 2.45) is 0 Å². The molecule has 1 aliphatic heterocycles. The van der Waals surface area contributed by atoms with E-state index >= 15 is 0 Å². The second-order valence-corrected chi connectivity index (χ2v) is 11.3. The topological polar surface area (TPSA) is 137 Å². The van der Waals surface area contributed by atoms with Crippen LogP contribution < -0.4 is 24.8 Å². The highest BCUT2D eigenvalue weighted by atomic mass is 32.2. The summed E-state index contributed by atoms with van der Waals surface area (Å²) in [4.78, 5) is 29.3. The van der Waals surface area contributed by atoms with Gasteiger partial charge in [0.15, 0.2) is 5.57 Å².